The fourth-order valence-electron chi connectivity index (χ4n) is 3.18. The number of rotatable bonds is 7. The zero-order chi connectivity index (χ0) is 19.8. The fourth-order valence-corrected chi connectivity index (χ4v) is 3.53. The quantitative estimate of drug-likeness (QED) is 0.509. The lowest BCUT2D eigenvalue weighted by Gasteiger charge is -2.36. The van der Waals surface area contributed by atoms with E-state index >= 15 is 0 Å². The van der Waals surface area contributed by atoms with Crippen molar-refractivity contribution in [1.29, 1.82) is 0 Å². The third-order valence-electron chi connectivity index (χ3n) is 4.79. The molecule has 0 atom stereocenters. The van der Waals surface area contributed by atoms with Crippen LogP contribution in [0.4, 0.5) is 5.95 Å². The summed E-state index contributed by atoms with van der Waals surface area (Å²) in [5.41, 5.74) is 0. The van der Waals surface area contributed by atoms with Crippen LogP contribution >= 0.6 is 15.9 Å². The Morgan fingerprint density at radius 2 is 2.07 bits per heavy atom. The Balaban J connectivity index is 1.86. The fraction of sp³-hybridized carbons (Fsp3) is 0.722. The predicted octanol–water partition coefficient (Wildman–Crippen LogP) is 1.68. The number of halogens is 1. The summed E-state index contributed by atoms with van der Waals surface area (Å²) in [7, 11) is 3.46. The van der Waals surface area contributed by atoms with Crippen molar-refractivity contribution >= 4 is 27.8 Å². The van der Waals surface area contributed by atoms with Gasteiger partial charge in [0.15, 0.2) is 5.96 Å². The Hall–Kier alpha value is -1.61. The van der Waals surface area contributed by atoms with Gasteiger partial charge in [0.1, 0.15) is 0 Å². The van der Waals surface area contributed by atoms with E-state index in [1.54, 1.807) is 13.3 Å². The summed E-state index contributed by atoms with van der Waals surface area (Å²) in [6.07, 6.45) is 1.74. The van der Waals surface area contributed by atoms with Gasteiger partial charge in [-0.2, -0.15) is 4.98 Å². The van der Waals surface area contributed by atoms with Crippen LogP contribution in [0.5, 0.6) is 5.88 Å². The number of guanidine groups is 1. The molecule has 1 N–H and O–H groups in total. The van der Waals surface area contributed by atoms with E-state index in [4.69, 9.17) is 4.74 Å². The lowest BCUT2D eigenvalue weighted by atomic mass is 10.3. The van der Waals surface area contributed by atoms with Crippen LogP contribution in [0.25, 0.3) is 0 Å². The number of methoxy groups -OCH3 is 1. The molecule has 9 heteroatoms. The third kappa shape index (κ3) is 5.93. The van der Waals surface area contributed by atoms with Gasteiger partial charge in [0.05, 0.1) is 17.8 Å². The molecule has 2 heterocycles. The van der Waals surface area contributed by atoms with Crippen molar-refractivity contribution in [2.24, 2.45) is 4.99 Å². The molecule has 2 rings (SSSR count). The van der Waals surface area contributed by atoms with Crippen LogP contribution in [0.1, 0.15) is 20.8 Å². The first-order chi connectivity index (χ1) is 13.0. The maximum Gasteiger partial charge on any atom is 0.232 e. The molecule has 1 aliphatic rings. The van der Waals surface area contributed by atoms with E-state index in [2.05, 4.69) is 71.7 Å². The summed E-state index contributed by atoms with van der Waals surface area (Å²) < 4.78 is 6.04. The van der Waals surface area contributed by atoms with Crippen LogP contribution in [-0.2, 0) is 0 Å². The number of aliphatic imine (C=N–C) groups is 1. The molecule has 0 aromatic carbocycles. The molecule has 27 heavy (non-hydrogen) atoms. The second-order valence-electron chi connectivity index (χ2n) is 6.70. The first kappa shape index (κ1) is 21.7. The Kier molecular flexibility index (Phi) is 8.56. The van der Waals surface area contributed by atoms with Crippen molar-refractivity contribution in [2.45, 2.75) is 26.8 Å². The van der Waals surface area contributed by atoms with E-state index in [1.165, 1.54) is 0 Å². The molecule has 0 aliphatic carbocycles. The molecule has 0 spiro atoms. The SMILES string of the molecule is CCN(CCNC(=NC)N1CCN(c2ncc(Br)c(OC)n2)CC1)C(C)C. The van der Waals surface area contributed by atoms with Gasteiger partial charge in [-0.05, 0) is 36.3 Å². The van der Waals surface area contributed by atoms with Crippen LogP contribution in [0.3, 0.4) is 0 Å². The topological polar surface area (TPSA) is 69.1 Å². The molecule has 1 aromatic rings. The maximum absolute atomic E-state index is 5.27. The molecule has 0 radical (unpaired) electrons. The predicted molar refractivity (Wildman–Crippen MR) is 114 cm³/mol. The van der Waals surface area contributed by atoms with E-state index < -0.39 is 0 Å². The van der Waals surface area contributed by atoms with Crippen molar-refractivity contribution < 1.29 is 4.74 Å². The van der Waals surface area contributed by atoms with Crippen LogP contribution in [-0.4, -0.2) is 91.7 Å². The Labute approximate surface area is 171 Å². The van der Waals surface area contributed by atoms with Crippen molar-refractivity contribution in [2.75, 3.05) is 64.9 Å². The minimum atomic E-state index is 0.560. The molecule has 1 fully saturated rings. The number of anilines is 1. The second kappa shape index (κ2) is 10.7. The first-order valence-corrected chi connectivity index (χ1v) is 10.3. The van der Waals surface area contributed by atoms with Crippen molar-refractivity contribution in [3.63, 3.8) is 0 Å². The van der Waals surface area contributed by atoms with Gasteiger partial charge in [0.2, 0.25) is 11.8 Å². The van der Waals surface area contributed by atoms with Crippen LogP contribution in [0, 0.1) is 0 Å². The van der Waals surface area contributed by atoms with E-state index in [9.17, 15) is 0 Å². The standard InChI is InChI=1S/C18H32BrN7O/c1-6-24(14(2)3)8-7-21-17(20-4)25-9-11-26(12-10-25)18-22-13-15(19)16(23-18)27-5/h13-14H,6-12H2,1-5H3,(H,20,21). The van der Waals surface area contributed by atoms with Gasteiger partial charge in [-0.15, -0.1) is 0 Å². The molecule has 1 aromatic heterocycles. The number of nitrogens with one attached hydrogen (secondary N) is 1. The van der Waals surface area contributed by atoms with E-state index in [0.29, 0.717) is 17.9 Å². The molecule has 1 saturated heterocycles. The second-order valence-corrected chi connectivity index (χ2v) is 7.55. The number of ether oxygens (including phenoxy) is 1. The molecule has 152 valence electrons. The molecule has 0 bridgehead atoms. The van der Waals surface area contributed by atoms with Crippen molar-refractivity contribution in [1.82, 2.24) is 25.1 Å². The minimum absolute atomic E-state index is 0.560. The number of nitrogens with zero attached hydrogens (tertiary/aromatic N) is 6. The summed E-state index contributed by atoms with van der Waals surface area (Å²) in [5.74, 6) is 2.22. The number of hydrogen-bond acceptors (Lipinski definition) is 6. The van der Waals surface area contributed by atoms with Gasteiger partial charge >= 0.3 is 0 Å². The minimum Gasteiger partial charge on any atom is -0.480 e. The van der Waals surface area contributed by atoms with E-state index in [-0.39, 0.29) is 0 Å². The normalized spacial score (nSPS) is 15.6. The zero-order valence-corrected chi connectivity index (χ0v) is 18.7. The Morgan fingerprint density at radius 3 is 2.63 bits per heavy atom. The van der Waals surface area contributed by atoms with Crippen molar-refractivity contribution in [3.05, 3.63) is 10.7 Å². The van der Waals surface area contributed by atoms with Gasteiger partial charge in [-0.25, -0.2) is 4.98 Å². The summed E-state index contributed by atoms with van der Waals surface area (Å²) in [6.45, 7) is 13.1. The molecule has 8 nitrogen and oxygen atoms in total. The average molecular weight is 442 g/mol. The highest BCUT2D eigenvalue weighted by molar-refractivity contribution is 9.10. The number of hydrogen-bond donors (Lipinski definition) is 1. The molecular formula is C18H32BrN7O. The number of likely N-dealkylation sites (N-methyl/N-ethyl adjacent to an activating group) is 1. The summed E-state index contributed by atoms with van der Waals surface area (Å²) in [6, 6.07) is 0.560. The van der Waals surface area contributed by atoms with Crippen LogP contribution < -0.4 is 15.0 Å². The van der Waals surface area contributed by atoms with E-state index in [0.717, 1.165) is 56.2 Å². The summed E-state index contributed by atoms with van der Waals surface area (Å²) in [4.78, 5) is 20.2. The van der Waals surface area contributed by atoms with Gasteiger partial charge in [0.25, 0.3) is 0 Å². The van der Waals surface area contributed by atoms with Crippen molar-refractivity contribution in [3.8, 4) is 5.88 Å². The lowest BCUT2D eigenvalue weighted by molar-refractivity contribution is 0.236. The molecule has 0 saturated carbocycles. The lowest BCUT2D eigenvalue weighted by Crippen LogP contribution is -2.53. The van der Waals surface area contributed by atoms with Crippen LogP contribution in [0.15, 0.2) is 15.7 Å². The largest absolute Gasteiger partial charge is 0.480 e. The maximum atomic E-state index is 5.27. The number of piperazine rings is 1. The highest BCUT2D eigenvalue weighted by atomic mass is 79.9. The molecule has 1 aliphatic heterocycles. The van der Waals surface area contributed by atoms with Gasteiger partial charge < -0.3 is 19.9 Å². The van der Waals surface area contributed by atoms with Crippen LogP contribution in [0.2, 0.25) is 0 Å². The average Bonchev–Trinajstić information content (AvgIpc) is 2.68. The van der Waals surface area contributed by atoms with Gasteiger partial charge in [0, 0.05) is 52.4 Å². The highest BCUT2D eigenvalue weighted by Gasteiger charge is 2.22. The van der Waals surface area contributed by atoms with Gasteiger partial charge in [-0.1, -0.05) is 6.92 Å². The number of aromatic nitrogens is 2. The molecular weight excluding hydrogens is 410 g/mol. The Morgan fingerprint density at radius 1 is 1.37 bits per heavy atom. The monoisotopic (exact) mass is 441 g/mol. The smallest absolute Gasteiger partial charge is 0.232 e. The van der Waals surface area contributed by atoms with E-state index in [1.807, 2.05) is 7.05 Å². The molecule has 0 amide bonds. The van der Waals surface area contributed by atoms with Gasteiger partial charge in [-0.3, -0.25) is 9.89 Å². The summed E-state index contributed by atoms with van der Waals surface area (Å²) >= 11 is 3.40. The third-order valence-corrected chi connectivity index (χ3v) is 5.33. The first-order valence-electron chi connectivity index (χ1n) is 9.51. The summed E-state index contributed by atoms with van der Waals surface area (Å²) in [5, 5.41) is 3.50. The Bertz CT molecular complexity index is 618. The zero-order valence-electron chi connectivity index (χ0n) is 17.1. The molecule has 0 unspecified atom stereocenters. The highest BCUT2D eigenvalue weighted by Crippen LogP contribution is 2.23.